The second kappa shape index (κ2) is 2.09. The summed E-state index contributed by atoms with van der Waals surface area (Å²) in [6.07, 6.45) is 5.19. The van der Waals surface area contributed by atoms with Crippen molar-refractivity contribution >= 4 is 0 Å². The van der Waals surface area contributed by atoms with Crippen LogP contribution in [0.1, 0.15) is 48.2 Å². The quantitative estimate of drug-likeness (QED) is 0.566. The molecule has 0 aromatic carbocycles. The molecule has 0 spiro atoms. The van der Waals surface area contributed by atoms with Crippen molar-refractivity contribution in [1.29, 1.82) is 0 Å². The molecule has 1 heteroatoms. The fourth-order valence-electron chi connectivity index (χ4n) is 2.23. The highest BCUT2D eigenvalue weighted by Gasteiger charge is 2.31. The van der Waals surface area contributed by atoms with E-state index in [4.69, 9.17) is 0 Å². The van der Waals surface area contributed by atoms with Crippen LogP contribution in [0.5, 0.6) is 0 Å². The first-order chi connectivity index (χ1) is 5.86. The van der Waals surface area contributed by atoms with Crippen molar-refractivity contribution in [3.8, 4) is 0 Å². The molecule has 0 fully saturated rings. The van der Waals surface area contributed by atoms with Gasteiger partial charge in [0.15, 0.2) is 0 Å². The Kier molecular flexibility index (Phi) is 1.16. The Morgan fingerprint density at radius 2 is 2.17 bits per heavy atom. The van der Waals surface area contributed by atoms with E-state index in [0.29, 0.717) is 5.92 Å². The molecular formula is C11H13N. The summed E-state index contributed by atoms with van der Waals surface area (Å²) in [5.41, 5.74) is 5.81. The van der Waals surface area contributed by atoms with Gasteiger partial charge in [0.1, 0.15) is 0 Å². The fraction of sp³-hybridized carbons (Fsp3) is 0.545. The highest BCUT2D eigenvalue weighted by atomic mass is 14.8. The Morgan fingerprint density at radius 1 is 1.33 bits per heavy atom. The van der Waals surface area contributed by atoms with E-state index in [2.05, 4.69) is 18.0 Å². The highest BCUT2D eigenvalue weighted by molar-refractivity contribution is 5.50. The van der Waals surface area contributed by atoms with Crippen LogP contribution < -0.4 is 0 Å². The summed E-state index contributed by atoms with van der Waals surface area (Å²) in [5.74, 6) is 0.676. The van der Waals surface area contributed by atoms with Gasteiger partial charge in [0.25, 0.3) is 0 Å². The largest absolute Gasteiger partial charge is 0.257 e. The number of pyridine rings is 1. The van der Waals surface area contributed by atoms with Gasteiger partial charge in [-0.1, -0.05) is 13.0 Å². The zero-order valence-corrected chi connectivity index (χ0v) is 7.43. The number of hydrogen-bond acceptors (Lipinski definition) is 1. The van der Waals surface area contributed by atoms with Gasteiger partial charge in [0, 0.05) is 11.6 Å². The minimum atomic E-state index is 0.676. The van der Waals surface area contributed by atoms with Crippen LogP contribution in [0.25, 0.3) is 0 Å². The predicted molar refractivity (Wildman–Crippen MR) is 48.4 cm³/mol. The van der Waals surface area contributed by atoms with E-state index >= 15 is 0 Å². The fourth-order valence-corrected chi connectivity index (χ4v) is 2.23. The molecule has 1 nitrogen and oxygen atoms in total. The van der Waals surface area contributed by atoms with Crippen LogP contribution >= 0.6 is 0 Å². The topological polar surface area (TPSA) is 12.9 Å². The lowest BCUT2D eigenvalue weighted by atomic mass is 9.96. The van der Waals surface area contributed by atoms with Crippen LogP contribution in [0.15, 0.2) is 6.07 Å². The first-order valence-electron chi connectivity index (χ1n) is 4.89. The molecule has 3 rings (SSSR count). The number of aryl methyl sites for hydroxylation is 2. The minimum Gasteiger partial charge on any atom is -0.257 e. The molecule has 1 aromatic rings. The van der Waals surface area contributed by atoms with Crippen molar-refractivity contribution in [2.24, 2.45) is 0 Å². The van der Waals surface area contributed by atoms with E-state index in [1.165, 1.54) is 48.2 Å². The Balaban J connectivity index is 2.12. The van der Waals surface area contributed by atoms with E-state index in [1.807, 2.05) is 0 Å². The molecule has 0 amide bonds. The molecule has 2 aliphatic carbocycles. The standard InChI is InChI=1S/C11H13N/c1-7-9-6-8-4-2-3-5-10(8)12-11(7)9/h6-7H,2-5H2,1H3. The summed E-state index contributed by atoms with van der Waals surface area (Å²) in [7, 11) is 0. The summed E-state index contributed by atoms with van der Waals surface area (Å²) in [4.78, 5) is 4.69. The molecule has 0 aliphatic heterocycles. The molecule has 0 saturated heterocycles. The first-order valence-corrected chi connectivity index (χ1v) is 4.89. The van der Waals surface area contributed by atoms with Crippen LogP contribution in [-0.2, 0) is 12.8 Å². The Morgan fingerprint density at radius 3 is 3.08 bits per heavy atom. The molecule has 62 valence electrons. The third-order valence-corrected chi connectivity index (χ3v) is 3.15. The maximum atomic E-state index is 4.69. The van der Waals surface area contributed by atoms with Crippen LogP contribution in [0.2, 0.25) is 0 Å². The number of nitrogens with zero attached hydrogens (tertiary/aromatic N) is 1. The van der Waals surface area contributed by atoms with E-state index in [0.717, 1.165) is 0 Å². The van der Waals surface area contributed by atoms with Gasteiger partial charge in [-0.05, 0) is 36.8 Å². The zero-order chi connectivity index (χ0) is 8.13. The second-order valence-corrected chi connectivity index (χ2v) is 4.00. The zero-order valence-electron chi connectivity index (χ0n) is 7.43. The van der Waals surface area contributed by atoms with Crippen molar-refractivity contribution < 1.29 is 0 Å². The molecule has 0 saturated carbocycles. The van der Waals surface area contributed by atoms with E-state index in [1.54, 1.807) is 0 Å². The number of rotatable bonds is 0. The lowest BCUT2D eigenvalue weighted by Gasteiger charge is -2.12. The number of aromatic nitrogens is 1. The molecule has 12 heavy (non-hydrogen) atoms. The molecule has 1 heterocycles. The third-order valence-electron chi connectivity index (χ3n) is 3.15. The number of fused-ring (bicyclic) bond motifs is 2. The average Bonchev–Trinajstić information content (AvgIpc) is 2.74. The molecule has 0 radical (unpaired) electrons. The number of hydrogen-bond donors (Lipinski definition) is 0. The summed E-state index contributed by atoms with van der Waals surface area (Å²) < 4.78 is 0. The van der Waals surface area contributed by atoms with Gasteiger partial charge in [-0.25, -0.2) is 0 Å². The van der Waals surface area contributed by atoms with Gasteiger partial charge in [-0.2, -0.15) is 0 Å². The van der Waals surface area contributed by atoms with E-state index in [-0.39, 0.29) is 0 Å². The van der Waals surface area contributed by atoms with Gasteiger partial charge in [-0.3, -0.25) is 4.98 Å². The van der Waals surface area contributed by atoms with Gasteiger partial charge in [-0.15, -0.1) is 0 Å². The molecule has 0 bridgehead atoms. The lowest BCUT2D eigenvalue weighted by Crippen LogP contribution is -2.03. The molecule has 0 N–H and O–H groups in total. The van der Waals surface area contributed by atoms with Crippen LogP contribution in [-0.4, -0.2) is 4.98 Å². The van der Waals surface area contributed by atoms with Crippen LogP contribution in [0.3, 0.4) is 0 Å². The highest BCUT2D eigenvalue weighted by Crippen LogP contribution is 2.42. The lowest BCUT2D eigenvalue weighted by molar-refractivity contribution is 0.668. The average molecular weight is 159 g/mol. The SMILES string of the molecule is CC1c2cc3c(nc21)CCCC3. The van der Waals surface area contributed by atoms with Crippen LogP contribution in [0.4, 0.5) is 0 Å². The monoisotopic (exact) mass is 159 g/mol. The van der Waals surface area contributed by atoms with Gasteiger partial charge in [0.2, 0.25) is 0 Å². The van der Waals surface area contributed by atoms with Crippen molar-refractivity contribution in [3.63, 3.8) is 0 Å². The third kappa shape index (κ3) is 0.767. The smallest absolute Gasteiger partial charge is 0.0518 e. The summed E-state index contributed by atoms with van der Waals surface area (Å²) in [6, 6.07) is 2.39. The molecule has 2 aliphatic rings. The Labute approximate surface area is 72.8 Å². The van der Waals surface area contributed by atoms with E-state index in [9.17, 15) is 0 Å². The summed E-state index contributed by atoms with van der Waals surface area (Å²) in [6.45, 7) is 2.25. The molecular weight excluding hydrogens is 146 g/mol. The van der Waals surface area contributed by atoms with Crippen LogP contribution in [0, 0.1) is 0 Å². The van der Waals surface area contributed by atoms with Gasteiger partial charge in [0.05, 0.1) is 5.69 Å². The van der Waals surface area contributed by atoms with Gasteiger partial charge >= 0.3 is 0 Å². The van der Waals surface area contributed by atoms with Crippen molar-refractivity contribution in [3.05, 3.63) is 28.6 Å². The normalized spacial score (nSPS) is 24.6. The summed E-state index contributed by atoms with van der Waals surface area (Å²) >= 11 is 0. The maximum absolute atomic E-state index is 4.69. The maximum Gasteiger partial charge on any atom is 0.0518 e. The summed E-state index contributed by atoms with van der Waals surface area (Å²) in [5, 5.41) is 0. The predicted octanol–water partition coefficient (Wildman–Crippen LogP) is 2.43. The van der Waals surface area contributed by atoms with Crippen molar-refractivity contribution in [1.82, 2.24) is 4.98 Å². The van der Waals surface area contributed by atoms with Crippen molar-refractivity contribution in [2.75, 3.05) is 0 Å². The first kappa shape index (κ1) is 6.64. The Bertz CT molecular complexity index is 308. The molecule has 1 unspecified atom stereocenters. The van der Waals surface area contributed by atoms with Crippen molar-refractivity contribution in [2.45, 2.75) is 38.5 Å². The van der Waals surface area contributed by atoms with E-state index < -0.39 is 0 Å². The molecule has 1 aromatic heterocycles. The molecule has 1 atom stereocenters. The minimum absolute atomic E-state index is 0.676. The second-order valence-electron chi connectivity index (χ2n) is 4.00. The van der Waals surface area contributed by atoms with Gasteiger partial charge < -0.3 is 0 Å². The Hall–Kier alpha value is -0.850.